The number of hydrogen-bond acceptors (Lipinski definition) is 6. The Morgan fingerprint density at radius 1 is 1.24 bits per heavy atom. The van der Waals surface area contributed by atoms with E-state index in [2.05, 4.69) is 10.3 Å². The van der Waals surface area contributed by atoms with E-state index in [1.54, 1.807) is 18.3 Å². The third-order valence-corrected chi connectivity index (χ3v) is 4.35. The van der Waals surface area contributed by atoms with Crippen LogP contribution < -0.4 is 29.6 Å². The van der Waals surface area contributed by atoms with Crippen molar-refractivity contribution in [1.82, 2.24) is 16.5 Å². The monoisotopic (exact) mass is 386 g/mol. The van der Waals surface area contributed by atoms with Gasteiger partial charge in [0.25, 0.3) is 5.91 Å². The van der Waals surface area contributed by atoms with Gasteiger partial charge in [-0.1, -0.05) is 26.0 Å². The van der Waals surface area contributed by atoms with E-state index in [0.29, 0.717) is 10.7 Å². The van der Waals surface area contributed by atoms with Gasteiger partial charge in [0, 0.05) is 11.9 Å². The van der Waals surface area contributed by atoms with Gasteiger partial charge in [0.1, 0.15) is 6.04 Å². The topological polar surface area (TPSA) is 131 Å². The fourth-order valence-corrected chi connectivity index (χ4v) is 2.81. The predicted molar refractivity (Wildman–Crippen MR) is 96.1 cm³/mol. The lowest BCUT2D eigenvalue weighted by atomic mass is 10.0. The molecule has 7 nitrogen and oxygen atoms in total. The molecular weight excluding hydrogens is 364 g/mol. The number of esters is 1. The zero-order valence-corrected chi connectivity index (χ0v) is 16.1. The number of aromatic nitrogens is 1. The van der Waals surface area contributed by atoms with Gasteiger partial charge in [-0.25, -0.2) is 9.78 Å². The fraction of sp³-hybridized carbons (Fsp3) is 0.312. The molecule has 0 fully saturated rings. The second-order valence-electron chi connectivity index (χ2n) is 5.37. The quantitative estimate of drug-likeness (QED) is 0.479. The Labute approximate surface area is 157 Å². The number of hydrogen-bond donors (Lipinski definition) is 3. The number of nitrogens with zero attached hydrogens (tertiary/aromatic N) is 1. The van der Waals surface area contributed by atoms with Crippen molar-refractivity contribution >= 4 is 28.9 Å². The minimum Gasteiger partial charge on any atom is -1.00 e. The van der Waals surface area contributed by atoms with E-state index in [4.69, 9.17) is 10.5 Å². The number of ether oxygens (including phenoxy) is 1. The summed E-state index contributed by atoms with van der Waals surface area (Å²) in [6.07, 6.45) is 1.63. The molecule has 7 N–H and O–H groups in total. The number of carbonyl (C=O) groups excluding carboxylic acids is 2. The molecule has 0 bridgehead atoms. The summed E-state index contributed by atoms with van der Waals surface area (Å²) < 4.78 is 4.71. The average Bonchev–Trinajstić information content (AvgIpc) is 3.02. The number of quaternary nitrogens is 1. The smallest absolute Gasteiger partial charge is 0.328 e. The second-order valence-corrected chi connectivity index (χ2v) is 6.40. The molecule has 1 unspecified atom stereocenters. The third kappa shape index (κ3) is 5.70. The van der Waals surface area contributed by atoms with Gasteiger partial charge < -0.3 is 34.3 Å². The van der Waals surface area contributed by atoms with Gasteiger partial charge in [0.15, 0.2) is 5.01 Å². The zero-order chi connectivity index (χ0) is 17.0. The lowest BCUT2D eigenvalue weighted by molar-refractivity contribution is -0.144. The summed E-state index contributed by atoms with van der Waals surface area (Å²) in [4.78, 5) is 29.0. The second kappa shape index (κ2) is 9.97. The molecule has 0 aliphatic heterocycles. The molecule has 0 radical (unpaired) electrons. The predicted octanol–water partition coefficient (Wildman–Crippen LogP) is -0.300. The first-order chi connectivity index (χ1) is 10.9. The standard InChI is InChI=1S/C16H19N3O3S.ClH.H3N/c1-9(2)13(16(21)22-3)19-14(20)15-18-8-12(23-15)10-4-6-11(17)7-5-10;;/h4-9,13H,17H2,1-3H3,(H,19,20);1H;1H3. The van der Waals surface area contributed by atoms with Gasteiger partial charge >= 0.3 is 5.97 Å². The molecule has 138 valence electrons. The van der Waals surface area contributed by atoms with Crippen molar-refractivity contribution in [3.8, 4) is 10.4 Å². The van der Waals surface area contributed by atoms with E-state index in [9.17, 15) is 9.59 Å². The highest BCUT2D eigenvalue weighted by Crippen LogP contribution is 2.26. The highest BCUT2D eigenvalue weighted by Gasteiger charge is 2.26. The summed E-state index contributed by atoms with van der Waals surface area (Å²) in [5.74, 6) is -0.938. The number of carbonyl (C=O) groups is 2. The maximum Gasteiger partial charge on any atom is 0.328 e. The molecule has 1 aromatic carbocycles. The van der Waals surface area contributed by atoms with Crippen LogP contribution in [-0.2, 0) is 9.53 Å². The van der Waals surface area contributed by atoms with Gasteiger partial charge in [-0.05, 0) is 23.6 Å². The molecule has 2 rings (SSSR count). The Morgan fingerprint density at radius 3 is 2.36 bits per heavy atom. The van der Waals surface area contributed by atoms with Crippen molar-refractivity contribution in [2.75, 3.05) is 12.8 Å². The van der Waals surface area contributed by atoms with Crippen molar-refractivity contribution < 1.29 is 26.7 Å². The van der Waals surface area contributed by atoms with Crippen LogP contribution in [0.4, 0.5) is 5.69 Å². The number of thiazole rings is 1. The number of nitrogens with two attached hydrogens (primary N) is 1. The summed E-state index contributed by atoms with van der Waals surface area (Å²) in [5, 5.41) is 2.97. The molecule has 0 aliphatic rings. The zero-order valence-electron chi connectivity index (χ0n) is 14.6. The molecule has 1 atom stereocenters. The first kappa shape index (κ1) is 22.8. The molecule has 0 aliphatic carbocycles. The van der Waals surface area contributed by atoms with Crippen molar-refractivity contribution in [3.05, 3.63) is 35.5 Å². The summed E-state index contributed by atoms with van der Waals surface area (Å²) in [7, 11) is 1.30. The number of rotatable bonds is 5. The van der Waals surface area contributed by atoms with E-state index in [0.717, 1.165) is 10.4 Å². The van der Waals surface area contributed by atoms with Crippen LogP contribution >= 0.6 is 11.3 Å². The number of nitrogen functional groups attached to an aromatic ring is 1. The summed E-state index contributed by atoms with van der Waals surface area (Å²) in [6.45, 7) is 3.67. The van der Waals surface area contributed by atoms with Crippen molar-refractivity contribution in [3.63, 3.8) is 0 Å². The van der Waals surface area contributed by atoms with Crippen LogP contribution in [0.3, 0.4) is 0 Å². The number of nitrogens with one attached hydrogen (secondary N) is 1. The molecule has 0 spiro atoms. The van der Waals surface area contributed by atoms with Gasteiger partial charge in [0.05, 0.1) is 12.0 Å². The average molecular weight is 387 g/mol. The molecule has 9 heteroatoms. The van der Waals surface area contributed by atoms with E-state index >= 15 is 0 Å². The van der Waals surface area contributed by atoms with Crippen molar-refractivity contribution in [2.45, 2.75) is 19.9 Å². The SMILES string of the molecule is COC(=O)C(NC(=O)c1ncc(-c2ccc(N)cc2)s1)C(C)C.[Cl-].[NH4+]. The van der Waals surface area contributed by atoms with Crippen LogP contribution in [0.15, 0.2) is 30.5 Å². The first-order valence-corrected chi connectivity index (χ1v) is 7.94. The third-order valence-electron chi connectivity index (χ3n) is 3.30. The maximum absolute atomic E-state index is 12.3. The van der Waals surface area contributed by atoms with Crippen LogP contribution in [0.25, 0.3) is 10.4 Å². The Kier molecular flexibility index (Phi) is 9.11. The highest BCUT2D eigenvalue weighted by molar-refractivity contribution is 7.17. The van der Waals surface area contributed by atoms with E-state index < -0.39 is 12.0 Å². The summed E-state index contributed by atoms with van der Waals surface area (Å²) in [5.41, 5.74) is 7.27. The Balaban J connectivity index is 0.00000288. The van der Waals surface area contributed by atoms with Gasteiger partial charge in [-0.3, -0.25) is 4.79 Å². The molecule has 0 saturated heterocycles. The molecular formula is C16H23ClN4O3S. The van der Waals surface area contributed by atoms with Gasteiger partial charge in [-0.2, -0.15) is 0 Å². The van der Waals surface area contributed by atoms with Gasteiger partial charge in [-0.15, -0.1) is 11.3 Å². The van der Waals surface area contributed by atoms with Crippen LogP contribution in [0.2, 0.25) is 0 Å². The number of methoxy groups -OCH3 is 1. The Hall–Kier alpha value is -2.16. The lowest BCUT2D eigenvalue weighted by Crippen LogP contribution is -3.00. The van der Waals surface area contributed by atoms with Crippen LogP contribution in [0.1, 0.15) is 23.6 Å². The maximum atomic E-state index is 12.3. The molecule has 2 aromatic rings. The number of anilines is 1. The molecule has 1 aromatic heterocycles. The number of benzene rings is 1. The van der Waals surface area contributed by atoms with Crippen molar-refractivity contribution in [2.24, 2.45) is 5.92 Å². The van der Waals surface area contributed by atoms with Crippen molar-refractivity contribution in [1.29, 1.82) is 0 Å². The van der Waals surface area contributed by atoms with Crippen LogP contribution in [0.5, 0.6) is 0 Å². The molecule has 25 heavy (non-hydrogen) atoms. The largest absolute Gasteiger partial charge is 1.00 e. The van der Waals surface area contributed by atoms with Crippen LogP contribution in [-0.4, -0.2) is 30.0 Å². The number of amides is 1. The Bertz CT molecular complexity index is 704. The van der Waals surface area contributed by atoms with E-state index in [1.165, 1.54) is 18.4 Å². The van der Waals surface area contributed by atoms with E-state index in [-0.39, 0.29) is 30.4 Å². The normalized spacial score (nSPS) is 11.0. The summed E-state index contributed by atoms with van der Waals surface area (Å²) >= 11 is 1.26. The van der Waals surface area contributed by atoms with Crippen LogP contribution in [0, 0.1) is 5.92 Å². The first-order valence-electron chi connectivity index (χ1n) is 7.12. The molecule has 1 heterocycles. The molecule has 1 amide bonds. The lowest BCUT2D eigenvalue weighted by Gasteiger charge is -2.18. The fourth-order valence-electron chi connectivity index (χ4n) is 1.99. The Morgan fingerprint density at radius 2 is 1.84 bits per heavy atom. The number of halogens is 1. The van der Waals surface area contributed by atoms with Gasteiger partial charge in [0.2, 0.25) is 0 Å². The molecule has 0 saturated carbocycles. The summed E-state index contributed by atoms with van der Waals surface area (Å²) in [6, 6.07) is 6.63. The minimum atomic E-state index is -0.698. The minimum absolute atomic E-state index is 0. The highest BCUT2D eigenvalue weighted by atomic mass is 35.5. The van der Waals surface area contributed by atoms with E-state index in [1.807, 2.05) is 26.0 Å².